The van der Waals surface area contributed by atoms with E-state index in [9.17, 15) is 4.79 Å². The maximum atomic E-state index is 11.2. The summed E-state index contributed by atoms with van der Waals surface area (Å²) in [6.45, 7) is 5.90. The summed E-state index contributed by atoms with van der Waals surface area (Å²) in [5.74, 6) is -0.193. The zero-order valence-electron chi connectivity index (χ0n) is 9.98. The zero-order valence-corrected chi connectivity index (χ0v) is 9.98. The van der Waals surface area contributed by atoms with E-state index in [1.807, 2.05) is 20.8 Å². The molecule has 16 heavy (non-hydrogen) atoms. The Morgan fingerprint density at radius 2 is 2.12 bits per heavy atom. The van der Waals surface area contributed by atoms with Crippen LogP contribution in [0, 0.1) is 0 Å². The Morgan fingerprint density at radius 3 is 2.69 bits per heavy atom. The number of carbonyl (C=O) groups is 1. The fraction of sp³-hybridized carbons (Fsp3) is 0.545. The van der Waals surface area contributed by atoms with E-state index in [0.29, 0.717) is 5.88 Å². The molecule has 1 rings (SSSR count). The molecule has 0 atom stereocenters. The minimum Gasteiger partial charge on any atom is -0.471 e. The first-order valence-electron chi connectivity index (χ1n) is 5.08. The van der Waals surface area contributed by atoms with Crippen molar-refractivity contribution in [3.8, 4) is 5.88 Å². The van der Waals surface area contributed by atoms with Crippen molar-refractivity contribution in [3.63, 3.8) is 0 Å². The summed E-state index contributed by atoms with van der Waals surface area (Å²) in [6, 6.07) is 0. The summed E-state index contributed by atoms with van der Waals surface area (Å²) in [6.07, 6.45) is 3.65. The number of esters is 1. The number of hydrogen-bond donors (Lipinski definition) is 0. The van der Waals surface area contributed by atoms with Gasteiger partial charge in [-0.3, -0.25) is 4.98 Å². The van der Waals surface area contributed by atoms with Gasteiger partial charge in [-0.1, -0.05) is 6.92 Å². The molecule has 0 bridgehead atoms. The Morgan fingerprint density at radius 1 is 1.44 bits per heavy atom. The van der Waals surface area contributed by atoms with Crippen LogP contribution in [-0.4, -0.2) is 28.6 Å². The highest BCUT2D eigenvalue weighted by Gasteiger charge is 2.18. The number of carbonyl (C=O) groups excluding carboxylic acids is 1. The fourth-order valence-corrected chi connectivity index (χ4v) is 0.955. The van der Waals surface area contributed by atoms with Gasteiger partial charge in [-0.2, -0.15) is 0 Å². The Kier molecular flexibility index (Phi) is 3.82. The zero-order chi connectivity index (χ0) is 12.2. The molecule has 5 nitrogen and oxygen atoms in total. The van der Waals surface area contributed by atoms with Gasteiger partial charge in [-0.25, -0.2) is 9.78 Å². The van der Waals surface area contributed by atoms with E-state index in [-0.39, 0.29) is 11.3 Å². The SMILES string of the molecule is CCC(C)(C)Oc1cncc(C(=O)OC)n1. The van der Waals surface area contributed by atoms with Crippen LogP contribution in [0.15, 0.2) is 12.4 Å². The largest absolute Gasteiger partial charge is 0.471 e. The number of aromatic nitrogens is 2. The van der Waals surface area contributed by atoms with Gasteiger partial charge in [-0.15, -0.1) is 0 Å². The predicted molar refractivity (Wildman–Crippen MR) is 58.4 cm³/mol. The Bertz CT molecular complexity index is 377. The second-order valence-electron chi connectivity index (χ2n) is 3.95. The van der Waals surface area contributed by atoms with Crippen LogP contribution in [0.1, 0.15) is 37.7 Å². The molecule has 0 radical (unpaired) electrons. The van der Waals surface area contributed by atoms with Gasteiger partial charge >= 0.3 is 5.97 Å². The number of methoxy groups -OCH3 is 1. The predicted octanol–water partition coefficient (Wildman–Crippen LogP) is 1.83. The second-order valence-corrected chi connectivity index (χ2v) is 3.95. The van der Waals surface area contributed by atoms with E-state index in [4.69, 9.17) is 4.74 Å². The van der Waals surface area contributed by atoms with Crippen molar-refractivity contribution in [2.75, 3.05) is 7.11 Å². The normalized spacial score (nSPS) is 11.0. The van der Waals surface area contributed by atoms with Crippen molar-refractivity contribution >= 4 is 5.97 Å². The molecule has 88 valence electrons. The highest BCUT2D eigenvalue weighted by Crippen LogP contribution is 2.18. The summed E-state index contributed by atoms with van der Waals surface area (Å²) in [5.41, 5.74) is -0.185. The third-order valence-corrected chi connectivity index (χ3v) is 2.24. The summed E-state index contributed by atoms with van der Waals surface area (Å²) in [5, 5.41) is 0. The molecule has 1 aromatic heterocycles. The smallest absolute Gasteiger partial charge is 0.358 e. The summed E-state index contributed by atoms with van der Waals surface area (Å²) >= 11 is 0. The lowest BCUT2D eigenvalue weighted by atomic mass is 10.1. The van der Waals surface area contributed by atoms with E-state index in [1.165, 1.54) is 19.5 Å². The van der Waals surface area contributed by atoms with E-state index in [2.05, 4.69) is 14.7 Å². The molecule has 0 unspecified atom stereocenters. The molecule has 0 spiro atoms. The van der Waals surface area contributed by atoms with Crippen molar-refractivity contribution in [2.24, 2.45) is 0 Å². The molecule has 5 heteroatoms. The van der Waals surface area contributed by atoms with Crippen molar-refractivity contribution < 1.29 is 14.3 Å². The van der Waals surface area contributed by atoms with Gasteiger partial charge in [-0.05, 0) is 20.3 Å². The molecule has 1 heterocycles. The molecular weight excluding hydrogens is 208 g/mol. The molecule has 0 N–H and O–H groups in total. The highest BCUT2D eigenvalue weighted by atomic mass is 16.5. The lowest BCUT2D eigenvalue weighted by Crippen LogP contribution is -2.27. The highest BCUT2D eigenvalue weighted by molar-refractivity contribution is 5.86. The Labute approximate surface area is 94.8 Å². The van der Waals surface area contributed by atoms with Crippen LogP contribution in [-0.2, 0) is 4.74 Å². The van der Waals surface area contributed by atoms with E-state index in [1.54, 1.807) is 0 Å². The number of rotatable bonds is 4. The lowest BCUT2D eigenvalue weighted by molar-refractivity contribution is 0.0585. The van der Waals surface area contributed by atoms with Crippen molar-refractivity contribution in [3.05, 3.63) is 18.1 Å². The lowest BCUT2D eigenvalue weighted by Gasteiger charge is -2.23. The maximum absolute atomic E-state index is 11.2. The van der Waals surface area contributed by atoms with Crippen molar-refractivity contribution in [1.82, 2.24) is 9.97 Å². The molecule has 0 aliphatic carbocycles. The molecule has 0 saturated carbocycles. The number of ether oxygens (including phenoxy) is 2. The number of nitrogens with zero attached hydrogens (tertiary/aromatic N) is 2. The van der Waals surface area contributed by atoms with Crippen LogP contribution in [0.2, 0.25) is 0 Å². The average molecular weight is 224 g/mol. The maximum Gasteiger partial charge on any atom is 0.358 e. The van der Waals surface area contributed by atoms with Gasteiger partial charge in [0.2, 0.25) is 5.88 Å². The standard InChI is InChI=1S/C11H16N2O3/c1-5-11(2,3)16-9-7-12-6-8(13-9)10(14)15-4/h6-7H,5H2,1-4H3. The summed E-state index contributed by atoms with van der Waals surface area (Å²) < 4.78 is 10.2. The minimum absolute atomic E-state index is 0.145. The van der Waals surface area contributed by atoms with Gasteiger partial charge in [0.25, 0.3) is 0 Å². The Hall–Kier alpha value is -1.65. The van der Waals surface area contributed by atoms with Crippen LogP contribution in [0.5, 0.6) is 5.88 Å². The minimum atomic E-state index is -0.521. The molecule has 0 fully saturated rings. The van der Waals surface area contributed by atoms with Crippen LogP contribution in [0.25, 0.3) is 0 Å². The van der Waals surface area contributed by atoms with Gasteiger partial charge in [0.1, 0.15) is 5.60 Å². The van der Waals surface area contributed by atoms with Crippen LogP contribution >= 0.6 is 0 Å². The molecule has 0 aliphatic heterocycles. The average Bonchev–Trinajstić information content (AvgIpc) is 2.28. The first kappa shape index (κ1) is 12.4. The van der Waals surface area contributed by atoms with Crippen molar-refractivity contribution in [1.29, 1.82) is 0 Å². The van der Waals surface area contributed by atoms with Crippen LogP contribution < -0.4 is 4.74 Å². The fourth-order valence-electron chi connectivity index (χ4n) is 0.955. The Balaban J connectivity index is 2.87. The second kappa shape index (κ2) is 4.92. The van der Waals surface area contributed by atoms with E-state index < -0.39 is 5.97 Å². The van der Waals surface area contributed by atoms with E-state index >= 15 is 0 Å². The van der Waals surface area contributed by atoms with Gasteiger partial charge in [0, 0.05) is 0 Å². The monoisotopic (exact) mass is 224 g/mol. The summed E-state index contributed by atoms with van der Waals surface area (Å²) in [4.78, 5) is 19.1. The third-order valence-electron chi connectivity index (χ3n) is 2.24. The van der Waals surface area contributed by atoms with Crippen LogP contribution in [0.4, 0.5) is 0 Å². The van der Waals surface area contributed by atoms with Crippen LogP contribution in [0.3, 0.4) is 0 Å². The quantitative estimate of drug-likeness (QED) is 0.730. The third kappa shape index (κ3) is 3.18. The summed E-state index contributed by atoms with van der Waals surface area (Å²) in [7, 11) is 1.30. The van der Waals surface area contributed by atoms with Gasteiger partial charge in [0.05, 0.1) is 19.5 Å². The molecular formula is C11H16N2O3. The molecule has 0 aliphatic rings. The van der Waals surface area contributed by atoms with E-state index in [0.717, 1.165) is 6.42 Å². The van der Waals surface area contributed by atoms with Crippen molar-refractivity contribution in [2.45, 2.75) is 32.8 Å². The first-order chi connectivity index (χ1) is 7.48. The molecule has 0 aromatic carbocycles. The van der Waals surface area contributed by atoms with Gasteiger partial charge < -0.3 is 9.47 Å². The topological polar surface area (TPSA) is 61.3 Å². The van der Waals surface area contributed by atoms with Gasteiger partial charge in [0.15, 0.2) is 5.69 Å². The molecule has 1 aromatic rings. The molecule has 0 amide bonds. The first-order valence-corrected chi connectivity index (χ1v) is 5.08. The number of hydrogen-bond acceptors (Lipinski definition) is 5. The molecule has 0 saturated heterocycles.